The molecule has 16 heteroatoms. The number of nitrogens with zero attached hydrogens (tertiary/aromatic N) is 5. The zero-order valence-electron chi connectivity index (χ0n) is 27.0. The predicted octanol–water partition coefficient (Wildman–Crippen LogP) is 1.26. The molecule has 4 heterocycles. The molecule has 3 aromatic rings. The maximum absolute atomic E-state index is 13.4. The second-order valence-electron chi connectivity index (χ2n) is 11.9. The number of aliphatic hydroxyl groups excluding tert-OH is 1. The van der Waals surface area contributed by atoms with E-state index in [2.05, 4.69) is 36.2 Å². The normalized spacial score (nSPS) is 19.7. The SMILES string of the molecule is Cc1[nH]cnc1C(=O)N1CCNC(=O)[C@@H](CC(C)C)NC(=O)[C@H]([C@@H](C)O)NC(=O)c2ccc(c(Cl)c2)OCCCn2cc(nn2)CC1. The van der Waals surface area contributed by atoms with E-state index in [-0.39, 0.29) is 41.2 Å². The van der Waals surface area contributed by atoms with Crippen LogP contribution in [0.4, 0.5) is 0 Å². The van der Waals surface area contributed by atoms with Crippen molar-refractivity contribution in [3.05, 3.63) is 58.4 Å². The number of carbonyl (C=O) groups is 4. The number of nitrogens with one attached hydrogen (secondary N) is 4. The highest BCUT2D eigenvalue weighted by Crippen LogP contribution is 2.26. The molecule has 2 aliphatic heterocycles. The van der Waals surface area contributed by atoms with Crippen LogP contribution in [0.5, 0.6) is 5.75 Å². The first-order valence-electron chi connectivity index (χ1n) is 15.6. The molecule has 254 valence electrons. The van der Waals surface area contributed by atoms with Crippen LogP contribution in [-0.2, 0) is 22.6 Å². The van der Waals surface area contributed by atoms with Crippen LogP contribution in [0.1, 0.15) is 65.8 Å². The van der Waals surface area contributed by atoms with Gasteiger partial charge < -0.3 is 35.7 Å². The minimum atomic E-state index is -1.36. The van der Waals surface area contributed by atoms with E-state index < -0.39 is 35.9 Å². The highest BCUT2D eigenvalue weighted by Gasteiger charge is 2.31. The predicted molar refractivity (Wildman–Crippen MR) is 172 cm³/mol. The van der Waals surface area contributed by atoms with Crippen LogP contribution in [0.25, 0.3) is 0 Å². The fraction of sp³-hybridized carbons (Fsp3) is 0.516. The summed E-state index contributed by atoms with van der Waals surface area (Å²) in [6, 6.07) is 2.16. The molecular weight excluding hydrogens is 630 g/mol. The van der Waals surface area contributed by atoms with Crippen molar-refractivity contribution in [2.24, 2.45) is 5.92 Å². The van der Waals surface area contributed by atoms with Crippen LogP contribution < -0.4 is 20.7 Å². The van der Waals surface area contributed by atoms with Gasteiger partial charge in [0.25, 0.3) is 11.8 Å². The van der Waals surface area contributed by atoms with Gasteiger partial charge in [-0.05, 0) is 44.4 Å². The number of halogens is 1. The molecule has 15 nitrogen and oxygen atoms in total. The maximum Gasteiger partial charge on any atom is 0.274 e. The van der Waals surface area contributed by atoms with Crippen molar-refractivity contribution in [2.45, 2.75) is 71.7 Å². The summed E-state index contributed by atoms with van der Waals surface area (Å²) in [6.07, 6.45) is 3.28. The first-order valence-corrected chi connectivity index (χ1v) is 16.0. The molecule has 0 fully saturated rings. The molecule has 0 radical (unpaired) electrons. The number of imidazole rings is 1. The summed E-state index contributed by atoms with van der Waals surface area (Å²) in [5.74, 6) is -1.74. The van der Waals surface area contributed by atoms with Crippen LogP contribution in [-0.4, -0.2) is 103 Å². The first kappa shape index (κ1) is 35.4. The number of amides is 4. The second kappa shape index (κ2) is 16.4. The summed E-state index contributed by atoms with van der Waals surface area (Å²) >= 11 is 6.39. The fourth-order valence-corrected chi connectivity index (χ4v) is 5.29. The van der Waals surface area contributed by atoms with Gasteiger partial charge in [-0.15, -0.1) is 5.10 Å². The Morgan fingerprint density at radius 2 is 1.91 bits per heavy atom. The Hall–Kier alpha value is -4.50. The molecule has 2 aromatic heterocycles. The number of aromatic nitrogens is 5. The van der Waals surface area contributed by atoms with Gasteiger partial charge in [-0.3, -0.25) is 23.9 Å². The Kier molecular flexibility index (Phi) is 12.3. The lowest BCUT2D eigenvalue weighted by Crippen LogP contribution is -2.57. The zero-order chi connectivity index (χ0) is 34.1. The third-order valence-corrected chi connectivity index (χ3v) is 7.89. The molecule has 0 aliphatic carbocycles. The number of carbonyl (C=O) groups excluding carboxylic acids is 4. The molecule has 1 aromatic carbocycles. The number of aliphatic hydroxyl groups is 1. The topological polar surface area (TPSA) is 196 Å². The number of aryl methyl sites for hydroxylation is 2. The average molecular weight is 672 g/mol. The van der Waals surface area contributed by atoms with Gasteiger partial charge in [0, 0.05) is 56.5 Å². The summed E-state index contributed by atoms with van der Waals surface area (Å²) in [6.45, 7) is 8.32. The van der Waals surface area contributed by atoms with Crippen molar-refractivity contribution in [1.82, 2.24) is 45.8 Å². The summed E-state index contributed by atoms with van der Waals surface area (Å²) in [4.78, 5) is 61.9. The third-order valence-electron chi connectivity index (χ3n) is 7.60. The van der Waals surface area contributed by atoms with E-state index in [9.17, 15) is 24.3 Å². The van der Waals surface area contributed by atoms with E-state index in [1.54, 1.807) is 22.6 Å². The molecule has 4 amide bonds. The van der Waals surface area contributed by atoms with Gasteiger partial charge in [-0.1, -0.05) is 30.7 Å². The minimum absolute atomic E-state index is 0.0227. The van der Waals surface area contributed by atoms with Crippen molar-refractivity contribution in [1.29, 1.82) is 0 Å². The molecule has 0 unspecified atom stereocenters. The average Bonchev–Trinajstić information content (AvgIpc) is 3.67. The maximum atomic E-state index is 13.4. The van der Waals surface area contributed by atoms with Crippen LogP contribution >= 0.6 is 11.6 Å². The van der Waals surface area contributed by atoms with E-state index in [1.165, 1.54) is 25.4 Å². The lowest BCUT2D eigenvalue weighted by atomic mass is 10.0. The number of fused-ring (bicyclic) bond motifs is 17. The Morgan fingerprint density at radius 1 is 1.13 bits per heavy atom. The largest absolute Gasteiger partial charge is 0.492 e. The Bertz CT molecular complexity index is 1560. The summed E-state index contributed by atoms with van der Waals surface area (Å²) in [5, 5.41) is 27.1. The standard InChI is InChI=1S/C31H42ClN9O6/c1-18(2)14-24-29(44)33-9-12-40(31(46)26-19(3)34-17-35-26)11-8-22-16-41(39-38-22)10-5-13-47-25-7-6-21(15-23(25)32)28(43)37-27(20(4)42)30(45)36-24/h6-7,15-18,20,24,27,42H,5,8-14H2,1-4H3,(H,33,44)(H,34,35)(H,36,45)(H,37,43)/t20-,24-,27+/m1/s1. The lowest BCUT2D eigenvalue weighted by Gasteiger charge is -2.26. The van der Waals surface area contributed by atoms with Crippen LogP contribution in [0, 0.1) is 12.8 Å². The van der Waals surface area contributed by atoms with E-state index in [1.807, 2.05) is 20.0 Å². The first-order chi connectivity index (χ1) is 22.4. The van der Waals surface area contributed by atoms with E-state index in [4.69, 9.17) is 16.3 Å². The quantitative estimate of drug-likeness (QED) is 0.254. The Balaban J connectivity index is 1.58. The van der Waals surface area contributed by atoms with E-state index >= 15 is 0 Å². The molecule has 47 heavy (non-hydrogen) atoms. The number of hydrogen-bond acceptors (Lipinski definition) is 9. The van der Waals surface area contributed by atoms with Crippen molar-refractivity contribution < 1.29 is 29.0 Å². The van der Waals surface area contributed by atoms with Crippen molar-refractivity contribution in [2.75, 3.05) is 26.2 Å². The van der Waals surface area contributed by atoms with Gasteiger partial charge in [0.15, 0.2) is 0 Å². The third kappa shape index (κ3) is 9.75. The zero-order valence-corrected chi connectivity index (χ0v) is 27.7. The Morgan fingerprint density at radius 3 is 2.60 bits per heavy atom. The summed E-state index contributed by atoms with van der Waals surface area (Å²) < 4.78 is 7.50. The van der Waals surface area contributed by atoms with Crippen LogP contribution in [0.2, 0.25) is 5.02 Å². The number of benzene rings is 1. The summed E-state index contributed by atoms with van der Waals surface area (Å²) in [5.41, 5.74) is 1.74. The summed E-state index contributed by atoms with van der Waals surface area (Å²) in [7, 11) is 0. The number of aromatic amines is 1. The number of ether oxygens (including phenoxy) is 1. The molecule has 0 spiro atoms. The molecular formula is C31H42ClN9O6. The molecule has 2 aliphatic rings. The van der Waals surface area contributed by atoms with Gasteiger partial charge in [0.2, 0.25) is 11.8 Å². The monoisotopic (exact) mass is 671 g/mol. The van der Waals surface area contributed by atoms with Gasteiger partial charge in [0.05, 0.1) is 29.8 Å². The highest BCUT2D eigenvalue weighted by molar-refractivity contribution is 6.32. The second-order valence-corrected chi connectivity index (χ2v) is 12.3. The van der Waals surface area contributed by atoms with Gasteiger partial charge in [-0.25, -0.2) is 4.98 Å². The van der Waals surface area contributed by atoms with Crippen molar-refractivity contribution >= 4 is 35.2 Å². The fourth-order valence-electron chi connectivity index (χ4n) is 5.05. The van der Waals surface area contributed by atoms with Gasteiger partial charge in [-0.2, -0.15) is 0 Å². The molecule has 5 N–H and O–H groups in total. The molecule has 0 saturated carbocycles. The number of H-pyrrole nitrogens is 1. The van der Waals surface area contributed by atoms with Crippen molar-refractivity contribution in [3.8, 4) is 5.75 Å². The smallest absolute Gasteiger partial charge is 0.274 e. The molecule has 0 saturated heterocycles. The number of hydrogen-bond donors (Lipinski definition) is 5. The highest BCUT2D eigenvalue weighted by atomic mass is 35.5. The minimum Gasteiger partial charge on any atom is -0.492 e. The van der Waals surface area contributed by atoms with Crippen LogP contribution in [0.3, 0.4) is 0 Å². The Labute approximate surface area is 277 Å². The molecule has 5 rings (SSSR count). The number of rotatable bonds is 4. The van der Waals surface area contributed by atoms with E-state index in [0.29, 0.717) is 56.1 Å². The van der Waals surface area contributed by atoms with Gasteiger partial charge in [0.1, 0.15) is 23.5 Å². The van der Waals surface area contributed by atoms with Crippen molar-refractivity contribution in [3.63, 3.8) is 0 Å². The lowest BCUT2D eigenvalue weighted by molar-refractivity contribution is -0.131. The van der Waals surface area contributed by atoms with Gasteiger partial charge >= 0.3 is 0 Å². The molecule has 4 bridgehead atoms. The van der Waals surface area contributed by atoms with E-state index in [0.717, 1.165) is 0 Å². The molecule has 3 atom stereocenters. The van der Waals surface area contributed by atoms with Crippen LogP contribution in [0.15, 0.2) is 30.7 Å².